The average Bonchev–Trinajstić information content (AvgIpc) is 2.88. The molecule has 27 heavy (non-hydrogen) atoms. The minimum Gasteiger partial charge on any atom is -0.385 e. The topological polar surface area (TPSA) is 84.5 Å². The van der Waals surface area contributed by atoms with Crippen molar-refractivity contribution in [3.63, 3.8) is 0 Å². The van der Waals surface area contributed by atoms with E-state index in [4.69, 9.17) is 4.74 Å². The fourth-order valence-electron chi connectivity index (χ4n) is 2.84. The first-order chi connectivity index (χ1) is 12.9. The van der Waals surface area contributed by atoms with Crippen molar-refractivity contribution in [3.8, 4) is 0 Å². The highest BCUT2D eigenvalue weighted by atomic mass is 32.2. The van der Waals surface area contributed by atoms with Gasteiger partial charge in [-0.1, -0.05) is 18.2 Å². The molecule has 0 bridgehead atoms. The number of hydrogen-bond acceptors (Lipinski definition) is 5. The predicted molar refractivity (Wildman–Crippen MR) is 100 cm³/mol. The van der Waals surface area contributed by atoms with Crippen LogP contribution in [0.3, 0.4) is 0 Å². The van der Waals surface area contributed by atoms with E-state index in [1.165, 1.54) is 30.3 Å². The zero-order valence-electron chi connectivity index (χ0n) is 14.7. The number of ether oxygens (including phenoxy) is 1. The first kappa shape index (κ1) is 19.1. The molecule has 1 aliphatic heterocycles. The highest BCUT2D eigenvalue weighted by Crippen LogP contribution is 2.38. The number of fused-ring (bicyclic) bond motifs is 1. The van der Waals surface area contributed by atoms with Gasteiger partial charge in [-0.3, -0.25) is 4.79 Å². The number of rotatable bonds is 7. The summed E-state index contributed by atoms with van der Waals surface area (Å²) in [6, 6.07) is 11.6. The smallest absolute Gasteiger partial charge is 0.269 e. The standard InChI is InChI=1S/C19H19FN2O4S/c1-26-12-4-11-21-17-15-5-2-3-6-16(15)27(24,25)18(17)19(23)22-14-9-7-13(20)8-10-14/h2-3,5-10,21H,4,11-12H2,1H3,(H,22,23). The molecule has 142 valence electrons. The molecule has 0 saturated carbocycles. The van der Waals surface area contributed by atoms with Crippen molar-refractivity contribution in [1.29, 1.82) is 0 Å². The number of carbonyl (C=O) groups excluding carboxylic acids is 1. The Balaban J connectivity index is 1.96. The molecule has 1 aliphatic rings. The second kappa shape index (κ2) is 7.89. The molecule has 0 fully saturated rings. The monoisotopic (exact) mass is 390 g/mol. The van der Waals surface area contributed by atoms with Gasteiger partial charge in [-0.2, -0.15) is 0 Å². The molecule has 0 unspecified atom stereocenters. The summed E-state index contributed by atoms with van der Waals surface area (Å²) in [6.07, 6.45) is 0.648. The summed E-state index contributed by atoms with van der Waals surface area (Å²) < 4.78 is 43.9. The Bertz CT molecular complexity index is 985. The molecule has 1 heterocycles. The Labute approximate surface area is 157 Å². The zero-order chi connectivity index (χ0) is 19.4. The minimum atomic E-state index is -3.97. The number of hydrogen-bond donors (Lipinski definition) is 2. The highest BCUT2D eigenvalue weighted by Gasteiger charge is 2.39. The van der Waals surface area contributed by atoms with Crippen LogP contribution in [0.15, 0.2) is 58.3 Å². The van der Waals surface area contributed by atoms with Gasteiger partial charge in [0.05, 0.1) is 10.6 Å². The van der Waals surface area contributed by atoms with Gasteiger partial charge in [0.25, 0.3) is 5.91 Å². The van der Waals surface area contributed by atoms with Gasteiger partial charge >= 0.3 is 0 Å². The third kappa shape index (κ3) is 3.86. The van der Waals surface area contributed by atoms with Crippen molar-refractivity contribution in [2.75, 3.05) is 25.6 Å². The molecular formula is C19H19FN2O4S. The molecule has 8 heteroatoms. The van der Waals surface area contributed by atoms with E-state index >= 15 is 0 Å². The minimum absolute atomic E-state index is 0.0866. The Morgan fingerprint density at radius 3 is 2.52 bits per heavy atom. The van der Waals surface area contributed by atoms with Crippen LogP contribution in [0.1, 0.15) is 12.0 Å². The van der Waals surface area contributed by atoms with Gasteiger partial charge in [0.2, 0.25) is 9.84 Å². The molecule has 0 aromatic heterocycles. The Morgan fingerprint density at radius 1 is 1.11 bits per heavy atom. The van der Waals surface area contributed by atoms with Crippen molar-refractivity contribution in [2.24, 2.45) is 0 Å². The number of amides is 1. The lowest BCUT2D eigenvalue weighted by atomic mass is 10.1. The summed E-state index contributed by atoms with van der Waals surface area (Å²) in [7, 11) is -2.39. The van der Waals surface area contributed by atoms with E-state index in [1.807, 2.05) is 0 Å². The molecular weight excluding hydrogens is 371 g/mol. The first-order valence-electron chi connectivity index (χ1n) is 8.33. The average molecular weight is 390 g/mol. The molecule has 0 saturated heterocycles. The van der Waals surface area contributed by atoms with Crippen LogP contribution in [0, 0.1) is 5.82 Å². The normalized spacial score (nSPS) is 14.7. The van der Waals surface area contributed by atoms with Crippen LogP contribution in [0.25, 0.3) is 5.70 Å². The molecule has 0 spiro atoms. The van der Waals surface area contributed by atoms with E-state index in [0.29, 0.717) is 30.8 Å². The summed E-state index contributed by atoms with van der Waals surface area (Å²) in [4.78, 5) is 12.5. The van der Waals surface area contributed by atoms with Gasteiger partial charge < -0.3 is 15.4 Å². The van der Waals surface area contributed by atoms with Crippen molar-refractivity contribution in [2.45, 2.75) is 11.3 Å². The van der Waals surface area contributed by atoms with Gasteiger partial charge in [-0.25, -0.2) is 12.8 Å². The maximum absolute atomic E-state index is 13.1. The van der Waals surface area contributed by atoms with E-state index in [2.05, 4.69) is 10.6 Å². The number of nitrogens with one attached hydrogen (secondary N) is 2. The summed E-state index contributed by atoms with van der Waals surface area (Å²) in [5.41, 5.74) is 1.03. The maximum atomic E-state index is 13.1. The lowest BCUT2D eigenvalue weighted by molar-refractivity contribution is -0.112. The maximum Gasteiger partial charge on any atom is 0.269 e. The van der Waals surface area contributed by atoms with Crippen molar-refractivity contribution >= 4 is 27.1 Å². The summed E-state index contributed by atoms with van der Waals surface area (Å²) in [5, 5.41) is 5.58. The number of methoxy groups -OCH3 is 1. The van der Waals surface area contributed by atoms with E-state index < -0.39 is 21.6 Å². The number of benzene rings is 2. The fraction of sp³-hybridized carbons (Fsp3) is 0.211. The molecule has 2 aromatic rings. The summed E-state index contributed by atoms with van der Waals surface area (Å²) in [5.74, 6) is -1.22. The molecule has 0 radical (unpaired) electrons. The third-order valence-corrected chi connectivity index (χ3v) is 5.94. The Kier molecular flexibility index (Phi) is 5.57. The van der Waals surface area contributed by atoms with Crippen LogP contribution in [-0.4, -0.2) is 34.6 Å². The van der Waals surface area contributed by atoms with Gasteiger partial charge in [-0.05, 0) is 36.8 Å². The van der Waals surface area contributed by atoms with Gasteiger partial charge in [0.15, 0.2) is 4.91 Å². The number of anilines is 1. The quantitative estimate of drug-likeness (QED) is 0.710. The lowest BCUT2D eigenvalue weighted by Crippen LogP contribution is -2.23. The van der Waals surface area contributed by atoms with E-state index in [0.717, 1.165) is 0 Å². The zero-order valence-corrected chi connectivity index (χ0v) is 15.5. The first-order valence-corrected chi connectivity index (χ1v) is 9.82. The number of halogens is 1. The van der Waals surface area contributed by atoms with Gasteiger partial charge in [0.1, 0.15) is 5.82 Å². The fourth-order valence-corrected chi connectivity index (χ4v) is 4.52. The number of carbonyl (C=O) groups is 1. The molecule has 1 amide bonds. The molecule has 0 atom stereocenters. The molecule has 0 aliphatic carbocycles. The van der Waals surface area contributed by atoms with Crippen LogP contribution in [0.5, 0.6) is 0 Å². The molecule has 3 rings (SSSR count). The van der Waals surface area contributed by atoms with E-state index in [1.54, 1.807) is 25.3 Å². The molecule has 6 nitrogen and oxygen atoms in total. The molecule has 2 aromatic carbocycles. The molecule has 2 N–H and O–H groups in total. The van der Waals surface area contributed by atoms with Crippen molar-refractivity contribution in [3.05, 3.63) is 64.8 Å². The van der Waals surface area contributed by atoms with E-state index in [-0.39, 0.29) is 15.5 Å². The van der Waals surface area contributed by atoms with Crippen molar-refractivity contribution < 1.29 is 22.3 Å². The second-order valence-electron chi connectivity index (χ2n) is 5.94. The third-order valence-electron chi connectivity index (χ3n) is 4.08. The SMILES string of the molecule is COCCCNC1=C(C(=O)Nc2ccc(F)cc2)S(=O)(=O)c2ccccc21. The highest BCUT2D eigenvalue weighted by molar-refractivity contribution is 7.97. The van der Waals surface area contributed by atoms with Crippen LogP contribution < -0.4 is 10.6 Å². The largest absolute Gasteiger partial charge is 0.385 e. The lowest BCUT2D eigenvalue weighted by Gasteiger charge is -2.11. The summed E-state index contributed by atoms with van der Waals surface area (Å²) in [6.45, 7) is 0.951. The Hall–Kier alpha value is -2.71. The van der Waals surface area contributed by atoms with Crippen LogP contribution in [0.2, 0.25) is 0 Å². The van der Waals surface area contributed by atoms with E-state index in [9.17, 15) is 17.6 Å². The Morgan fingerprint density at radius 2 is 1.81 bits per heavy atom. The van der Waals surface area contributed by atoms with Crippen molar-refractivity contribution in [1.82, 2.24) is 5.32 Å². The van der Waals surface area contributed by atoms with Gasteiger partial charge in [0, 0.05) is 31.5 Å². The summed E-state index contributed by atoms with van der Waals surface area (Å²) >= 11 is 0. The number of sulfone groups is 1. The van der Waals surface area contributed by atoms with Crippen LogP contribution in [0.4, 0.5) is 10.1 Å². The van der Waals surface area contributed by atoms with Gasteiger partial charge in [-0.15, -0.1) is 0 Å². The van der Waals surface area contributed by atoms with Crippen LogP contribution >= 0.6 is 0 Å². The predicted octanol–water partition coefficient (Wildman–Crippen LogP) is 2.55. The van der Waals surface area contributed by atoms with Crippen LogP contribution in [-0.2, 0) is 19.4 Å². The second-order valence-corrected chi connectivity index (χ2v) is 7.79.